The number of carboxylic acids is 1. The van der Waals surface area contributed by atoms with Crippen molar-refractivity contribution in [3.8, 4) is 5.69 Å². The highest BCUT2D eigenvalue weighted by atomic mass is 19.4. The van der Waals surface area contributed by atoms with Gasteiger partial charge in [0.25, 0.3) is 0 Å². The molecule has 1 aromatic carbocycles. The average molecular weight is 340 g/mol. The van der Waals surface area contributed by atoms with Crippen LogP contribution in [0.25, 0.3) is 5.69 Å². The van der Waals surface area contributed by atoms with E-state index < -0.39 is 17.7 Å². The number of hydrogen-bond acceptors (Lipinski definition) is 2. The summed E-state index contributed by atoms with van der Waals surface area (Å²) < 4.78 is 41.0. The predicted octanol–water partition coefficient (Wildman–Crippen LogP) is 4.35. The number of carbonyl (C=O) groups is 1. The van der Waals surface area contributed by atoms with Gasteiger partial charge in [0.2, 0.25) is 0 Å². The molecule has 0 aliphatic rings. The van der Waals surface area contributed by atoms with E-state index in [9.17, 15) is 23.1 Å². The van der Waals surface area contributed by atoms with Crippen molar-refractivity contribution in [3.05, 3.63) is 46.8 Å². The Morgan fingerprint density at radius 2 is 1.92 bits per heavy atom. The van der Waals surface area contributed by atoms with Crippen LogP contribution in [0, 0.1) is 5.92 Å². The minimum absolute atomic E-state index is 0.00294. The topological polar surface area (TPSA) is 55.1 Å². The van der Waals surface area contributed by atoms with Gasteiger partial charge in [0.05, 0.1) is 22.6 Å². The molecule has 0 saturated heterocycles. The van der Waals surface area contributed by atoms with Crippen LogP contribution in [-0.4, -0.2) is 20.9 Å². The van der Waals surface area contributed by atoms with E-state index in [1.54, 1.807) is 6.92 Å². The molecule has 2 rings (SSSR count). The lowest BCUT2D eigenvalue weighted by Crippen LogP contribution is -2.13. The van der Waals surface area contributed by atoms with Crippen LogP contribution in [0.5, 0.6) is 0 Å². The van der Waals surface area contributed by atoms with Gasteiger partial charge in [-0.3, -0.25) is 0 Å². The Balaban J connectivity index is 2.74. The van der Waals surface area contributed by atoms with Gasteiger partial charge in [-0.05, 0) is 30.9 Å². The van der Waals surface area contributed by atoms with Crippen LogP contribution < -0.4 is 0 Å². The fourth-order valence-electron chi connectivity index (χ4n) is 2.70. The first kappa shape index (κ1) is 18.0. The van der Waals surface area contributed by atoms with E-state index in [0.717, 1.165) is 10.7 Å². The summed E-state index contributed by atoms with van der Waals surface area (Å²) in [6, 6.07) is 5.06. The van der Waals surface area contributed by atoms with Crippen molar-refractivity contribution in [1.82, 2.24) is 9.78 Å². The molecule has 130 valence electrons. The van der Waals surface area contributed by atoms with Crippen LogP contribution in [0.4, 0.5) is 13.2 Å². The first-order valence-electron chi connectivity index (χ1n) is 7.67. The summed E-state index contributed by atoms with van der Waals surface area (Å²) in [6.45, 7) is 5.51. The Hall–Kier alpha value is -2.31. The van der Waals surface area contributed by atoms with Crippen molar-refractivity contribution in [2.24, 2.45) is 5.92 Å². The van der Waals surface area contributed by atoms with Gasteiger partial charge in [-0.2, -0.15) is 18.3 Å². The van der Waals surface area contributed by atoms with Crippen molar-refractivity contribution in [2.75, 3.05) is 0 Å². The largest absolute Gasteiger partial charge is 0.478 e. The van der Waals surface area contributed by atoms with Gasteiger partial charge in [0.1, 0.15) is 5.56 Å². The number of para-hydroxylation sites is 1. The van der Waals surface area contributed by atoms with E-state index >= 15 is 0 Å². The molecule has 24 heavy (non-hydrogen) atoms. The highest BCUT2D eigenvalue weighted by Crippen LogP contribution is 2.35. The quantitative estimate of drug-likeness (QED) is 0.880. The van der Waals surface area contributed by atoms with Gasteiger partial charge in [-0.1, -0.05) is 32.9 Å². The molecule has 0 unspecified atom stereocenters. The Kier molecular flexibility index (Phi) is 5.01. The zero-order chi connectivity index (χ0) is 18.1. The molecule has 0 aliphatic carbocycles. The summed E-state index contributed by atoms with van der Waals surface area (Å²) in [7, 11) is 0. The molecule has 0 fully saturated rings. The lowest BCUT2D eigenvalue weighted by atomic mass is 10.0. The number of benzene rings is 1. The molecular weight excluding hydrogens is 321 g/mol. The van der Waals surface area contributed by atoms with Crippen LogP contribution in [0.15, 0.2) is 24.3 Å². The van der Waals surface area contributed by atoms with E-state index in [4.69, 9.17) is 0 Å². The second-order valence-corrected chi connectivity index (χ2v) is 5.95. The maximum Gasteiger partial charge on any atom is 0.418 e. The first-order chi connectivity index (χ1) is 11.2. The van der Waals surface area contributed by atoms with Crippen LogP contribution in [-0.2, 0) is 19.0 Å². The molecule has 0 amide bonds. The second-order valence-electron chi connectivity index (χ2n) is 5.95. The number of carboxylic acid groups (broad SMARTS) is 1. The molecule has 1 aromatic heterocycles. The van der Waals surface area contributed by atoms with E-state index in [1.807, 2.05) is 13.8 Å². The number of alkyl halides is 3. The smallest absolute Gasteiger partial charge is 0.418 e. The normalized spacial score (nSPS) is 12.0. The summed E-state index contributed by atoms with van der Waals surface area (Å²) in [4.78, 5) is 11.6. The third kappa shape index (κ3) is 3.44. The summed E-state index contributed by atoms with van der Waals surface area (Å²) >= 11 is 0. The number of halogens is 3. The molecule has 0 saturated carbocycles. The fraction of sp³-hybridized carbons (Fsp3) is 0.412. The number of aromatic carboxylic acids is 1. The van der Waals surface area contributed by atoms with E-state index in [1.165, 1.54) is 18.2 Å². The van der Waals surface area contributed by atoms with Crippen LogP contribution >= 0.6 is 0 Å². The van der Waals surface area contributed by atoms with Crippen LogP contribution in [0.1, 0.15) is 48.1 Å². The van der Waals surface area contributed by atoms with Crippen LogP contribution in [0.2, 0.25) is 0 Å². The van der Waals surface area contributed by atoms with Gasteiger partial charge < -0.3 is 5.11 Å². The molecule has 0 aliphatic heterocycles. The molecule has 0 bridgehead atoms. The molecule has 2 aromatic rings. The lowest BCUT2D eigenvalue weighted by molar-refractivity contribution is -0.137. The minimum atomic E-state index is -4.55. The summed E-state index contributed by atoms with van der Waals surface area (Å²) in [5.74, 6) is -1.03. The standard InChI is InChI=1S/C17H19F3N2O2/c1-4-13-15(16(23)24)12(9-10(2)3)21-22(13)14-8-6-5-7-11(14)17(18,19)20/h5-8,10H,4,9H2,1-3H3,(H,23,24). The highest BCUT2D eigenvalue weighted by Gasteiger charge is 2.35. The fourth-order valence-corrected chi connectivity index (χ4v) is 2.70. The Morgan fingerprint density at radius 1 is 1.29 bits per heavy atom. The maximum absolute atomic E-state index is 13.3. The van der Waals surface area contributed by atoms with Gasteiger partial charge in [-0.15, -0.1) is 0 Å². The monoisotopic (exact) mass is 340 g/mol. The Bertz CT molecular complexity index is 749. The maximum atomic E-state index is 13.3. The van der Waals surface area contributed by atoms with E-state index in [-0.39, 0.29) is 29.3 Å². The molecule has 0 atom stereocenters. The van der Waals surface area contributed by atoms with Crippen molar-refractivity contribution < 1.29 is 23.1 Å². The summed E-state index contributed by atoms with van der Waals surface area (Å²) in [6.07, 6.45) is -3.90. The molecule has 0 radical (unpaired) electrons. The van der Waals surface area contributed by atoms with Crippen LogP contribution in [0.3, 0.4) is 0 Å². The Morgan fingerprint density at radius 3 is 2.42 bits per heavy atom. The zero-order valence-corrected chi connectivity index (χ0v) is 13.7. The molecule has 0 spiro atoms. The highest BCUT2D eigenvalue weighted by molar-refractivity contribution is 5.90. The van der Waals surface area contributed by atoms with E-state index in [0.29, 0.717) is 12.1 Å². The van der Waals surface area contributed by atoms with E-state index in [2.05, 4.69) is 5.10 Å². The van der Waals surface area contributed by atoms with Crippen molar-refractivity contribution >= 4 is 5.97 Å². The predicted molar refractivity (Wildman–Crippen MR) is 83.4 cm³/mol. The zero-order valence-electron chi connectivity index (χ0n) is 13.7. The SMILES string of the molecule is CCc1c(C(=O)O)c(CC(C)C)nn1-c1ccccc1C(F)(F)F. The van der Waals surface area contributed by atoms with Crippen molar-refractivity contribution in [2.45, 2.75) is 39.8 Å². The number of hydrogen-bond donors (Lipinski definition) is 1. The van der Waals surface area contributed by atoms with Crippen molar-refractivity contribution in [1.29, 1.82) is 0 Å². The first-order valence-corrected chi connectivity index (χ1v) is 7.67. The molecule has 1 N–H and O–H groups in total. The minimum Gasteiger partial charge on any atom is -0.478 e. The molecule has 7 heteroatoms. The molecule has 4 nitrogen and oxygen atoms in total. The third-order valence-electron chi connectivity index (χ3n) is 3.64. The van der Waals surface area contributed by atoms with Gasteiger partial charge in [0.15, 0.2) is 0 Å². The van der Waals surface area contributed by atoms with Gasteiger partial charge >= 0.3 is 12.1 Å². The van der Waals surface area contributed by atoms with Gasteiger partial charge in [-0.25, -0.2) is 9.48 Å². The summed E-state index contributed by atoms with van der Waals surface area (Å²) in [5, 5.41) is 13.7. The van der Waals surface area contributed by atoms with Crippen molar-refractivity contribution in [3.63, 3.8) is 0 Å². The van der Waals surface area contributed by atoms with Gasteiger partial charge in [0, 0.05) is 0 Å². The third-order valence-corrected chi connectivity index (χ3v) is 3.64. The average Bonchev–Trinajstić information content (AvgIpc) is 2.83. The number of aromatic nitrogens is 2. The summed E-state index contributed by atoms with van der Waals surface area (Å²) in [5.41, 5.74) is -0.404. The molecular formula is C17H19F3N2O2. The Labute approximate surface area is 137 Å². The number of nitrogens with zero attached hydrogens (tertiary/aromatic N) is 2. The molecule has 1 heterocycles. The lowest BCUT2D eigenvalue weighted by Gasteiger charge is -2.14. The second kappa shape index (κ2) is 6.67. The number of rotatable bonds is 5.